The summed E-state index contributed by atoms with van der Waals surface area (Å²) in [5, 5.41) is 10.0. The van der Waals surface area contributed by atoms with Gasteiger partial charge in [-0.25, -0.2) is 9.50 Å². The van der Waals surface area contributed by atoms with Crippen LogP contribution in [0.3, 0.4) is 0 Å². The van der Waals surface area contributed by atoms with Crippen LogP contribution in [0.25, 0.3) is 16.8 Å². The number of nitrogens with zero attached hydrogens (tertiary/aromatic N) is 6. The Kier molecular flexibility index (Phi) is 4.98. The monoisotopic (exact) mass is 382 g/mol. The molecule has 3 aromatic heterocycles. The van der Waals surface area contributed by atoms with E-state index >= 15 is 0 Å². The molecule has 0 radical (unpaired) electrons. The van der Waals surface area contributed by atoms with Crippen LogP contribution in [0.1, 0.15) is 19.3 Å². The SMILES string of the molecule is C=CC(=O)N1CCCC(Sc2nc(-c3cnn(C)c3)cn3nccc23)CC1. The molecule has 1 amide bonds. The second-order valence-electron chi connectivity index (χ2n) is 6.70. The Bertz CT molecular complexity index is 978. The molecule has 4 rings (SSSR count). The minimum absolute atomic E-state index is 0.0236. The average Bonchev–Trinajstić information content (AvgIpc) is 3.26. The van der Waals surface area contributed by atoms with Gasteiger partial charge < -0.3 is 4.90 Å². The Morgan fingerprint density at radius 1 is 1.30 bits per heavy atom. The highest BCUT2D eigenvalue weighted by atomic mass is 32.2. The molecule has 8 heteroatoms. The zero-order valence-electron chi connectivity index (χ0n) is 15.3. The van der Waals surface area contributed by atoms with Gasteiger partial charge >= 0.3 is 0 Å². The van der Waals surface area contributed by atoms with Crippen molar-refractivity contribution in [3.63, 3.8) is 0 Å². The molecule has 1 unspecified atom stereocenters. The van der Waals surface area contributed by atoms with Crippen LogP contribution in [-0.4, -0.2) is 53.5 Å². The number of aryl methyl sites for hydroxylation is 1. The van der Waals surface area contributed by atoms with Crippen LogP contribution < -0.4 is 0 Å². The number of likely N-dealkylation sites (tertiary alicyclic amines) is 1. The van der Waals surface area contributed by atoms with Gasteiger partial charge in [0.2, 0.25) is 5.91 Å². The van der Waals surface area contributed by atoms with Crippen molar-refractivity contribution in [2.45, 2.75) is 29.5 Å². The van der Waals surface area contributed by atoms with E-state index in [9.17, 15) is 4.79 Å². The van der Waals surface area contributed by atoms with Crippen LogP contribution in [0.15, 0.2) is 48.5 Å². The normalized spacial score (nSPS) is 17.8. The maximum atomic E-state index is 11.9. The van der Waals surface area contributed by atoms with Gasteiger partial charge in [0, 0.05) is 37.1 Å². The Morgan fingerprint density at radius 3 is 2.96 bits per heavy atom. The lowest BCUT2D eigenvalue weighted by atomic mass is 10.2. The van der Waals surface area contributed by atoms with E-state index in [1.165, 1.54) is 6.08 Å². The average molecular weight is 382 g/mol. The van der Waals surface area contributed by atoms with E-state index in [0.29, 0.717) is 5.25 Å². The lowest BCUT2D eigenvalue weighted by Crippen LogP contribution is -2.30. The minimum Gasteiger partial charge on any atom is -0.339 e. The molecule has 1 aliphatic rings. The van der Waals surface area contributed by atoms with Gasteiger partial charge in [-0.2, -0.15) is 10.2 Å². The molecule has 0 spiro atoms. The summed E-state index contributed by atoms with van der Waals surface area (Å²) in [6.45, 7) is 5.16. The predicted molar refractivity (Wildman–Crippen MR) is 105 cm³/mol. The standard InChI is InChI=1S/C19H22N6OS/c1-3-18(26)24-9-4-5-15(7-10-24)27-19-17-6-8-20-25(17)13-16(22-19)14-11-21-23(2)12-14/h3,6,8,11-13,15H,1,4-5,7,9-10H2,2H3. The second-order valence-corrected chi connectivity index (χ2v) is 7.98. The van der Waals surface area contributed by atoms with Crippen LogP contribution in [0.2, 0.25) is 0 Å². The van der Waals surface area contributed by atoms with E-state index in [2.05, 4.69) is 16.8 Å². The first-order chi connectivity index (χ1) is 13.1. The fraction of sp³-hybridized carbons (Fsp3) is 0.368. The summed E-state index contributed by atoms with van der Waals surface area (Å²) in [6, 6.07) is 1.99. The van der Waals surface area contributed by atoms with E-state index in [1.807, 2.05) is 41.1 Å². The lowest BCUT2D eigenvalue weighted by Gasteiger charge is -2.18. The quantitative estimate of drug-likeness (QED) is 0.649. The van der Waals surface area contributed by atoms with Crippen molar-refractivity contribution in [1.29, 1.82) is 0 Å². The van der Waals surface area contributed by atoms with Crippen molar-refractivity contribution in [3.8, 4) is 11.3 Å². The molecule has 27 heavy (non-hydrogen) atoms. The van der Waals surface area contributed by atoms with Crippen molar-refractivity contribution in [2.24, 2.45) is 7.05 Å². The number of hydrogen-bond donors (Lipinski definition) is 0. The van der Waals surface area contributed by atoms with Crippen LogP contribution in [-0.2, 0) is 11.8 Å². The molecule has 1 atom stereocenters. The predicted octanol–water partition coefficient (Wildman–Crippen LogP) is 2.79. The molecule has 4 heterocycles. The summed E-state index contributed by atoms with van der Waals surface area (Å²) >= 11 is 1.79. The number of carbonyl (C=O) groups excluding carboxylic acids is 1. The molecular weight excluding hydrogens is 360 g/mol. The molecule has 1 aliphatic heterocycles. The van der Waals surface area contributed by atoms with Crippen LogP contribution in [0, 0.1) is 0 Å². The molecule has 1 saturated heterocycles. The molecule has 0 saturated carbocycles. The van der Waals surface area contributed by atoms with Gasteiger partial charge in [-0.3, -0.25) is 9.48 Å². The fourth-order valence-electron chi connectivity index (χ4n) is 3.37. The minimum atomic E-state index is 0.0236. The van der Waals surface area contributed by atoms with E-state index in [4.69, 9.17) is 4.98 Å². The summed E-state index contributed by atoms with van der Waals surface area (Å²) in [5.74, 6) is 0.0236. The molecule has 0 aliphatic carbocycles. The number of carbonyl (C=O) groups is 1. The number of aromatic nitrogens is 5. The van der Waals surface area contributed by atoms with Gasteiger partial charge in [-0.15, -0.1) is 11.8 Å². The molecular formula is C19H22N6OS. The maximum absolute atomic E-state index is 11.9. The molecule has 0 N–H and O–H groups in total. The first kappa shape index (κ1) is 17.8. The molecule has 1 fully saturated rings. The van der Waals surface area contributed by atoms with Crippen LogP contribution in [0.4, 0.5) is 0 Å². The summed E-state index contributed by atoms with van der Waals surface area (Å²) in [6.07, 6.45) is 11.9. The second kappa shape index (κ2) is 7.56. The highest BCUT2D eigenvalue weighted by molar-refractivity contribution is 8.00. The van der Waals surface area contributed by atoms with Gasteiger partial charge in [-0.1, -0.05) is 6.58 Å². The molecule has 0 aromatic carbocycles. The number of amides is 1. The zero-order chi connectivity index (χ0) is 18.8. The Balaban J connectivity index is 1.59. The van der Waals surface area contributed by atoms with Crippen molar-refractivity contribution < 1.29 is 4.79 Å². The highest BCUT2D eigenvalue weighted by Gasteiger charge is 2.22. The number of rotatable bonds is 4. The Morgan fingerprint density at radius 2 is 2.19 bits per heavy atom. The Hall–Kier alpha value is -2.61. The van der Waals surface area contributed by atoms with Gasteiger partial charge in [-0.05, 0) is 31.4 Å². The number of thioether (sulfide) groups is 1. The van der Waals surface area contributed by atoms with Gasteiger partial charge in [0.05, 0.1) is 29.8 Å². The van der Waals surface area contributed by atoms with Crippen molar-refractivity contribution in [1.82, 2.24) is 29.3 Å². The number of hydrogen-bond acceptors (Lipinski definition) is 5. The fourth-order valence-corrected chi connectivity index (χ4v) is 4.63. The van der Waals surface area contributed by atoms with Crippen molar-refractivity contribution >= 4 is 23.2 Å². The van der Waals surface area contributed by atoms with Gasteiger partial charge in [0.1, 0.15) is 5.03 Å². The summed E-state index contributed by atoms with van der Waals surface area (Å²) in [5.41, 5.74) is 2.84. The summed E-state index contributed by atoms with van der Waals surface area (Å²) in [4.78, 5) is 18.7. The number of fused-ring (bicyclic) bond motifs is 1. The third-order valence-electron chi connectivity index (χ3n) is 4.80. The molecule has 7 nitrogen and oxygen atoms in total. The van der Waals surface area contributed by atoms with Gasteiger partial charge in [0.15, 0.2) is 0 Å². The summed E-state index contributed by atoms with van der Waals surface area (Å²) < 4.78 is 3.65. The van der Waals surface area contributed by atoms with E-state index in [1.54, 1.807) is 22.6 Å². The summed E-state index contributed by atoms with van der Waals surface area (Å²) in [7, 11) is 1.90. The zero-order valence-corrected chi connectivity index (χ0v) is 16.1. The third-order valence-corrected chi connectivity index (χ3v) is 6.12. The van der Waals surface area contributed by atoms with Gasteiger partial charge in [0.25, 0.3) is 0 Å². The maximum Gasteiger partial charge on any atom is 0.245 e. The first-order valence-corrected chi connectivity index (χ1v) is 9.93. The molecule has 0 bridgehead atoms. The van der Waals surface area contributed by atoms with E-state index in [0.717, 1.165) is 54.2 Å². The molecule has 3 aromatic rings. The Labute approximate surface area is 162 Å². The first-order valence-electron chi connectivity index (χ1n) is 9.05. The smallest absolute Gasteiger partial charge is 0.245 e. The van der Waals surface area contributed by atoms with Crippen molar-refractivity contribution in [2.75, 3.05) is 13.1 Å². The lowest BCUT2D eigenvalue weighted by molar-refractivity contribution is -0.125. The van der Waals surface area contributed by atoms with Crippen LogP contribution in [0.5, 0.6) is 0 Å². The highest BCUT2D eigenvalue weighted by Crippen LogP contribution is 2.33. The topological polar surface area (TPSA) is 68.3 Å². The van der Waals surface area contributed by atoms with E-state index < -0.39 is 0 Å². The van der Waals surface area contributed by atoms with Crippen molar-refractivity contribution in [3.05, 3.63) is 43.5 Å². The third kappa shape index (κ3) is 3.75. The van der Waals surface area contributed by atoms with Crippen LogP contribution >= 0.6 is 11.8 Å². The molecule has 140 valence electrons. The largest absolute Gasteiger partial charge is 0.339 e. The van der Waals surface area contributed by atoms with E-state index in [-0.39, 0.29) is 5.91 Å².